The molecule has 7 nitrogen and oxygen atoms in total. The highest BCUT2D eigenvalue weighted by Crippen LogP contribution is 2.18. The third kappa shape index (κ3) is 4.13. The molecule has 2 aromatic rings. The number of para-hydroxylation sites is 1. The van der Waals surface area contributed by atoms with Gasteiger partial charge in [-0.1, -0.05) is 18.2 Å². The second-order valence-corrected chi connectivity index (χ2v) is 5.65. The quantitative estimate of drug-likeness (QED) is 0.902. The molecule has 2 heterocycles. The van der Waals surface area contributed by atoms with Crippen molar-refractivity contribution in [2.24, 2.45) is 0 Å². The third-order valence-corrected chi connectivity index (χ3v) is 4.01. The number of piperidine rings is 1. The van der Waals surface area contributed by atoms with Gasteiger partial charge >= 0.3 is 6.03 Å². The van der Waals surface area contributed by atoms with Crippen molar-refractivity contribution in [3.8, 4) is 5.88 Å². The summed E-state index contributed by atoms with van der Waals surface area (Å²) in [5.41, 5.74) is 0.816. The molecule has 1 aliphatic rings. The van der Waals surface area contributed by atoms with E-state index in [2.05, 4.69) is 20.6 Å². The first-order chi connectivity index (χ1) is 11.7. The topological polar surface area (TPSA) is 79.4 Å². The lowest BCUT2D eigenvalue weighted by Crippen LogP contribution is -2.44. The van der Waals surface area contributed by atoms with Gasteiger partial charge in [0.2, 0.25) is 5.88 Å². The van der Waals surface area contributed by atoms with E-state index in [1.807, 2.05) is 35.2 Å². The molecule has 1 aliphatic heterocycles. The molecule has 0 bridgehead atoms. The normalized spacial score (nSPS) is 15.0. The summed E-state index contributed by atoms with van der Waals surface area (Å²) in [7, 11) is 1.58. The Labute approximate surface area is 141 Å². The molecule has 0 saturated carbocycles. The molecule has 3 rings (SSSR count). The monoisotopic (exact) mass is 327 g/mol. The van der Waals surface area contributed by atoms with Crippen LogP contribution in [-0.2, 0) is 0 Å². The Kier molecular flexibility index (Phi) is 5.10. The third-order valence-electron chi connectivity index (χ3n) is 4.01. The van der Waals surface area contributed by atoms with Gasteiger partial charge in [-0.2, -0.15) is 0 Å². The average molecular weight is 327 g/mol. The van der Waals surface area contributed by atoms with Gasteiger partial charge in [0.1, 0.15) is 12.1 Å². The van der Waals surface area contributed by atoms with Crippen LogP contribution in [0.5, 0.6) is 5.88 Å². The lowest BCUT2D eigenvalue weighted by molar-refractivity contribution is 0.197. The Morgan fingerprint density at radius 1 is 1.21 bits per heavy atom. The number of methoxy groups -OCH3 is 1. The number of carbonyl (C=O) groups is 1. The average Bonchev–Trinajstić information content (AvgIpc) is 2.63. The van der Waals surface area contributed by atoms with E-state index >= 15 is 0 Å². The molecule has 7 heteroatoms. The van der Waals surface area contributed by atoms with E-state index in [4.69, 9.17) is 4.74 Å². The van der Waals surface area contributed by atoms with Gasteiger partial charge in [-0.3, -0.25) is 0 Å². The summed E-state index contributed by atoms with van der Waals surface area (Å²) in [6.07, 6.45) is 3.21. The number of nitrogens with one attached hydrogen (secondary N) is 2. The minimum atomic E-state index is -0.0524. The predicted octanol–water partition coefficient (Wildman–Crippen LogP) is 2.59. The van der Waals surface area contributed by atoms with Crippen molar-refractivity contribution in [3.05, 3.63) is 42.7 Å². The van der Waals surface area contributed by atoms with Gasteiger partial charge in [0, 0.05) is 30.9 Å². The number of likely N-dealkylation sites (tertiary alicyclic amines) is 1. The van der Waals surface area contributed by atoms with Crippen molar-refractivity contribution < 1.29 is 9.53 Å². The van der Waals surface area contributed by atoms with Gasteiger partial charge in [-0.05, 0) is 25.0 Å². The maximum absolute atomic E-state index is 12.3. The highest BCUT2D eigenvalue weighted by molar-refractivity contribution is 5.89. The van der Waals surface area contributed by atoms with Crippen LogP contribution in [0, 0.1) is 0 Å². The van der Waals surface area contributed by atoms with Gasteiger partial charge < -0.3 is 20.3 Å². The zero-order valence-electron chi connectivity index (χ0n) is 13.6. The molecule has 0 unspecified atom stereocenters. The van der Waals surface area contributed by atoms with E-state index < -0.39 is 0 Å². The Bertz CT molecular complexity index is 672. The summed E-state index contributed by atoms with van der Waals surface area (Å²) in [4.78, 5) is 22.3. The maximum atomic E-state index is 12.3. The zero-order chi connectivity index (χ0) is 16.8. The van der Waals surface area contributed by atoms with Crippen LogP contribution < -0.4 is 15.4 Å². The zero-order valence-corrected chi connectivity index (χ0v) is 13.6. The number of hydrogen-bond acceptors (Lipinski definition) is 5. The Morgan fingerprint density at radius 2 is 1.96 bits per heavy atom. The number of rotatable bonds is 4. The molecule has 1 aromatic heterocycles. The van der Waals surface area contributed by atoms with Crippen molar-refractivity contribution in [1.82, 2.24) is 14.9 Å². The molecule has 0 spiro atoms. The van der Waals surface area contributed by atoms with E-state index in [0.717, 1.165) is 24.3 Å². The molecule has 1 fully saturated rings. The van der Waals surface area contributed by atoms with E-state index in [1.54, 1.807) is 13.2 Å². The molecule has 2 N–H and O–H groups in total. The Balaban J connectivity index is 1.49. The van der Waals surface area contributed by atoms with E-state index in [0.29, 0.717) is 19.0 Å². The number of urea groups is 1. The molecule has 24 heavy (non-hydrogen) atoms. The van der Waals surface area contributed by atoms with Gasteiger partial charge in [0.25, 0.3) is 0 Å². The lowest BCUT2D eigenvalue weighted by Gasteiger charge is -2.32. The summed E-state index contributed by atoms with van der Waals surface area (Å²) in [6.45, 7) is 1.41. The number of anilines is 2. The fourth-order valence-corrected chi connectivity index (χ4v) is 2.69. The van der Waals surface area contributed by atoms with E-state index in [-0.39, 0.29) is 12.1 Å². The van der Waals surface area contributed by atoms with E-state index in [1.165, 1.54) is 6.33 Å². The second-order valence-electron chi connectivity index (χ2n) is 5.65. The first-order valence-electron chi connectivity index (χ1n) is 7.98. The summed E-state index contributed by atoms with van der Waals surface area (Å²) < 4.78 is 5.10. The van der Waals surface area contributed by atoms with Gasteiger partial charge in [-0.15, -0.1) is 0 Å². The molecule has 0 radical (unpaired) electrons. The van der Waals surface area contributed by atoms with Crippen molar-refractivity contribution in [2.75, 3.05) is 30.8 Å². The second kappa shape index (κ2) is 7.63. The highest BCUT2D eigenvalue weighted by atomic mass is 16.5. The molecule has 1 aromatic carbocycles. The summed E-state index contributed by atoms with van der Waals surface area (Å²) in [6, 6.07) is 11.5. The molecule has 0 aliphatic carbocycles. The van der Waals surface area contributed by atoms with Crippen LogP contribution in [0.4, 0.5) is 16.3 Å². The molecule has 2 amide bonds. The standard InChI is InChI=1S/C17H21N5O2/c1-24-16-11-15(18-12-19-16)20-14-7-9-22(10-8-14)17(23)21-13-5-3-2-4-6-13/h2-6,11-12,14H,7-10H2,1H3,(H,21,23)(H,18,19,20). The largest absolute Gasteiger partial charge is 0.481 e. The van der Waals surface area contributed by atoms with Gasteiger partial charge in [0.15, 0.2) is 0 Å². The highest BCUT2D eigenvalue weighted by Gasteiger charge is 2.23. The first kappa shape index (κ1) is 16.0. The van der Waals surface area contributed by atoms with Crippen LogP contribution in [0.15, 0.2) is 42.7 Å². The Morgan fingerprint density at radius 3 is 2.67 bits per heavy atom. The first-order valence-corrected chi connectivity index (χ1v) is 7.98. The van der Waals surface area contributed by atoms with Crippen LogP contribution in [0.3, 0.4) is 0 Å². The summed E-state index contributed by atoms with van der Waals surface area (Å²) >= 11 is 0. The summed E-state index contributed by atoms with van der Waals surface area (Å²) in [5, 5.41) is 6.30. The van der Waals surface area contributed by atoms with Gasteiger partial charge in [0.05, 0.1) is 7.11 Å². The number of hydrogen-bond donors (Lipinski definition) is 2. The number of amides is 2. The van der Waals surface area contributed by atoms with Crippen LogP contribution >= 0.6 is 0 Å². The molecule has 0 atom stereocenters. The van der Waals surface area contributed by atoms with Crippen LogP contribution in [0.2, 0.25) is 0 Å². The van der Waals surface area contributed by atoms with Crippen molar-refractivity contribution in [2.45, 2.75) is 18.9 Å². The molecular weight excluding hydrogens is 306 g/mol. The van der Waals surface area contributed by atoms with Crippen molar-refractivity contribution in [1.29, 1.82) is 0 Å². The number of nitrogens with zero attached hydrogens (tertiary/aromatic N) is 3. The van der Waals surface area contributed by atoms with E-state index in [9.17, 15) is 4.79 Å². The van der Waals surface area contributed by atoms with Crippen LogP contribution in [0.1, 0.15) is 12.8 Å². The minimum absolute atomic E-state index is 0.0524. The SMILES string of the molecule is COc1cc(NC2CCN(C(=O)Nc3ccccc3)CC2)ncn1. The van der Waals surface area contributed by atoms with Crippen LogP contribution in [-0.4, -0.2) is 47.1 Å². The fourth-order valence-electron chi connectivity index (χ4n) is 2.69. The maximum Gasteiger partial charge on any atom is 0.321 e. The van der Waals surface area contributed by atoms with Gasteiger partial charge in [-0.25, -0.2) is 14.8 Å². The number of ether oxygens (including phenoxy) is 1. The number of benzene rings is 1. The molecular formula is C17H21N5O2. The smallest absolute Gasteiger partial charge is 0.321 e. The van der Waals surface area contributed by atoms with Crippen LogP contribution in [0.25, 0.3) is 0 Å². The summed E-state index contributed by atoms with van der Waals surface area (Å²) in [5.74, 6) is 1.28. The fraction of sp³-hybridized carbons (Fsp3) is 0.353. The van der Waals surface area contributed by atoms with Crippen molar-refractivity contribution >= 4 is 17.5 Å². The number of aromatic nitrogens is 2. The molecule has 1 saturated heterocycles. The van der Waals surface area contributed by atoms with Crippen molar-refractivity contribution in [3.63, 3.8) is 0 Å². The number of carbonyl (C=O) groups excluding carboxylic acids is 1. The minimum Gasteiger partial charge on any atom is -0.481 e. The Hall–Kier alpha value is -2.83. The molecule has 126 valence electrons. The predicted molar refractivity (Wildman–Crippen MR) is 92.3 cm³/mol. The lowest BCUT2D eigenvalue weighted by atomic mass is 10.1.